The average molecular weight is 329 g/mol. The zero-order valence-electron chi connectivity index (χ0n) is 14.3. The lowest BCUT2D eigenvalue weighted by molar-refractivity contribution is -0.125. The molecule has 5 nitrogen and oxygen atoms in total. The molecule has 2 amide bonds. The first-order valence-electron chi connectivity index (χ1n) is 8.95. The van der Waals surface area contributed by atoms with Crippen molar-refractivity contribution < 1.29 is 9.59 Å². The Morgan fingerprint density at radius 2 is 1.75 bits per heavy atom. The number of hydrogen-bond donors (Lipinski definition) is 2. The molecule has 0 aromatic heterocycles. The van der Waals surface area contributed by atoms with Crippen LogP contribution in [0.1, 0.15) is 48.0 Å². The molecule has 3 rings (SSSR count). The minimum atomic E-state index is 0.0761. The molecule has 1 heterocycles. The zero-order chi connectivity index (χ0) is 17.1. The fraction of sp³-hybridized carbons (Fsp3) is 0.579. The lowest BCUT2D eigenvalue weighted by atomic mass is 10.0. The van der Waals surface area contributed by atoms with E-state index >= 15 is 0 Å². The van der Waals surface area contributed by atoms with Crippen LogP contribution in [0.5, 0.6) is 0 Å². The summed E-state index contributed by atoms with van der Waals surface area (Å²) in [6.45, 7) is 3.41. The smallest absolute Gasteiger partial charge is 0.253 e. The molecule has 1 saturated carbocycles. The Labute approximate surface area is 143 Å². The Balaban J connectivity index is 1.48. The first kappa shape index (κ1) is 17.0. The van der Waals surface area contributed by atoms with Gasteiger partial charge >= 0.3 is 0 Å². The summed E-state index contributed by atoms with van der Waals surface area (Å²) in [5.41, 5.74) is 7.78. The summed E-state index contributed by atoms with van der Waals surface area (Å²) in [6, 6.07) is 8.05. The van der Waals surface area contributed by atoms with Crippen LogP contribution in [-0.2, 0) is 4.79 Å². The Hall–Kier alpha value is -1.88. The molecule has 3 N–H and O–H groups in total. The molecule has 0 bridgehead atoms. The van der Waals surface area contributed by atoms with Crippen LogP contribution in [0, 0.1) is 12.8 Å². The van der Waals surface area contributed by atoms with Gasteiger partial charge in [-0.05, 0) is 51.2 Å². The molecule has 1 aliphatic heterocycles. The normalized spacial score (nSPS) is 24.8. The van der Waals surface area contributed by atoms with Crippen LogP contribution in [0.3, 0.4) is 0 Å². The molecule has 0 spiro atoms. The van der Waals surface area contributed by atoms with Crippen LogP contribution in [0.25, 0.3) is 0 Å². The highest BCUT2D eigenvalue weighted by atomic mass is 16.2. The lowest BCUT2D eigenvalue weighted by Crippen LogP contribution is -2.47. The van der Waals surface area contributed by atoms with Gasteiger partial charge in [-0.15, -0.1) is 0 Å². The van der Waals surface area contributed by atoms with E-state index in [0.29, 0.717) is 13.1 Å². The van der Waals surface area contributed by atoms with Crippen molar-refractivity contribution >= 4 is 11.8 Å². The number of aryl methyl sites for hydroxylation is 1. The number of piperidine rings is 1. The molecule has 24 heavy (non-hydrogen) atoms. The molecular formula is C19H27N3O2. The maximum Gasteiger partial charge on any atom is 0.253 e. The van der Waals surface area contributed by atoms with Crippen molar-refractivity contribution in [2.75, 3.05) is 13.1 Å². The number of hydrogen-bond acceptors (Lipinski definition) is 3. The van der Waals surface area contributed by atoms with Crippen molar-refractivity contribution in [1.29, 1.82) is 0 Å². The molecule has 2 atom stereocenters. The number of nitrogens with zero attached hydrogens (tertiary/aromatic N) is 1. The van der Waals surface area contributed by atoms with Gasteiger partial charge < -0.3 is 16.0 Å². The molecule has 1 aromatic rings. The number of nitrogens with one attached hydrogen (secondary N) is 1. The fourth-order valence-electron chi connectivity index (χ4n) is 3.68. The molecule has 1 saturated heterocycles. The average Bonchev–Trinajstić information content (AvgIpc) is 3.02. The van der Waals surface area contributed by atoms with Crippen molar-refractivity contribution in [3.05, 3.63) is 35.4 Å². The van der Waals surface area contributed by atoms with Gasteiger partial charge in [-0.3, -0.25) is 9.59 Å². The second kappa shape index (κ2) is 7.34. The minimum Gasteiger partial charge on any atom is -0.353 e. The summed E-state index contributed by atoms with van der Waals surface area (Å²) >= 11 is 0. The van der Waals surface area contributed by atoms with Crippen molar-refractivity contribution in [2.45, 2.75) is 51.1 Å². The number of likely N-dealkylation sites (tertiary alicyclic amines) is 1. The topological polar surface area (TPSA) is 75.4 Å². The van der Waals surface area contributed by atoms with E-state index in [1.54, 1.807) is 0 Å². The van der Waals surface area contributed by atoms with Crippen molar-refractivity contribution in [3.8, 4) is 0 Å². The number of benzene rings is 1. The maximum atomic E-state index is 12.5. The maximum absolute atomic E-state index is 12.5. The predicted molar refractivity (Wildman–Crippen MR) is 93.6 cm³/mol. The van der Waals surface area contributed by atoms with Gasteiger partial charge in [0.05, 0.1) is 0 Å². The number of rotatable bonds is 3. The van der Waals surface area contributed by atoms with Crippen LogP contribution < -0.4 is 11.1 Å². The van der Waals surface area contributed by atoms with E-state index in [4.69, 9.17) is 5.73 Å². The summed E-state index contributed by atoms with van der Waals surface area (Å²) in [7, 11) is 0. The first-order chi connectivity index (χ1) is 11.5. The second-order valence-electron chi connectivity index (χ2n) is 7.21. The summed E-state index contributed by atoms with van der Waals surface area (Å²) < 4.78 is 0. The molecule has 5 heteroatoms. The van der Waals surface area contributed by atoms with E-state index in [9.17, 15) is 9.59 Å². The summed E-state index contributed by atoms with van der Waals surface area (Å²) in [5, 5.41) is 3.16. The Kier molecular flexibility index (Phi) is 5.19. The summed E-state index contributed by atoms with van der Waals surface area (Å²) in [5.74, 6) is 0.306. The van der Waals surface area contributed by atoms with Crippen LogP contribution >= 0.6 is 0 Å². The monoisotopic (exact) mass is 329 g/mol. The number of carbonyl (C=O) groups excluding carboxylic acids is 2. The third kappa shape index (κ3) is 3.96. The molecule has 130 valence electrons. The van der Waals surface area contributed by atoms with Gasteiger partial charge in [0.2, 0.25) is 5.91 Å². The van der Waals surface area contributed by atoms with Gasteiger partial charge in [0.1, 0.15) is 0 Å². The van der Waals surface area contributed by atoms with Crippen molar-refractivity contribution in [3.63, 3.8) is 0 Å². The van der Waals surface area contributed by atoms with Crippen LogP contribution in [-0.4, -0.2) is 41.9 Å². The molecule has 2 unspecified atom stereocenters. The van der Waals surface area contributed by atoms with Crippen LogP contribution in [0.2, 0.25) is 0 Å². The Morgan fingerprint density at radius 3 is 2.33 bits per heavy atom. The molecule has 2 fully saturated rings. The minimum absolute atomic E-state index is 0.0761. The van der Waals surface area contributed by atoms with Gasteiger partial charge in [-0.2, -0.15) is 0 Å². The third-order valence-corrected chi connectivity index (χ3v) is 5.27. The van der Waals surface area contributed by atoms with E-state index in [0.717, 1.165) is 43.2 Å². The van der Waals surface area contributed by atoms with Crippen molar-refractivity contribution in [2.24, 2.45) is 11.7 Å². The fourth-order valence-corrected chi connectivity index (χ4v) is 3.68. The van der Waals surface area contributed by atoms with Crippen LogP contribution in [0.4, 0.5) is 0 Å². The molecule has 2 aliphatic rings. The van der Waals surface area contributed by atoms with Gasteiger partial charge in [0, 0.05) is 36.7 Å². The van der Waals surface area contributed by atoms with E-state index in [1.807, 2.05) is 36.1 Å². The van der Waals surface area contributed by atoms with E-state index in [-0.39, 0.29) is 29.8 Å². The molecular weight excluding hydrogens is 302 g/mol. The van der Waals surface area contributed by atoms with E-state index in [1.165, 1.54) is 0 Å². The largest absolute Gasteiger partial charge is 0.353 e. The first-order valence-corrected chi connectivity index (χ1v) is 8.95. The molecule has 0 radical (unpaired) electrons. The highest BCUT2D eigenvalue weighted by Crippen LogP contribution is 2.25. The van der Waals surface area contributed by atoms with Gasteiger partial charge in [-0.1, -0.05) is 17.7 Å². The van der Waals surface area contributed by atoms with Crippen LogP contribution in [0.15, 0.2) is 24.3 Å². The third-order valence-electron chi connectivity index (χ3n) is 5.27. The lowest BCUT2D eigenvalue weighted by Gasteiger charge is -2.33. The SMILES string of the molecule is Cc1ccc(C(=O)N2CCC(NC(=O)C3CCC(N)C3)CC2)cc1. The van der Waals surface area contributed by atoms with Gasteiger partial charge in [-0.25, -0.2) is 0 Å². The summed E-state index contributed by atoms with van der Waals surface area (Å²) in [6.07, 6.45) is 4.29. The number of nitrogens with two attached hydrogens (primary N) is 1. The predicted octanol–water partition coefficient (Wildman–Crippen LogP) is 1.84. The summed E-state index contributed by atoms with van der Waals surface area (Å²) in [4.78, 5) is 26.7. The Bertz CT molecular complexity index is 591. The van der Waals surface area contributed by atoms with Gasteiger partial charge in [0.25, 0.3) is 5.91 Å². The highest BCUT2D eigenvalue weighted by molar-refractivity contribution is 5.94. The molecule has 1 aromatic carbocycles. The number of carbonyl (C=O) groups is 2. The Morgan fingerprint density at radius 1 is 1.08 bits per heavy atom. The van der Waals surface area contributed by atoms with Crippen molar-refractivity contribution in [1.82, 2.24) is 10.2 Å². The van der Waals surface area contributed by atoms with Gasteiger partial charge in [0.15, 0.2) is 0 Å². The standard InChI is InChI=1S/C19H27N3O2/c1-13-2-4-14(5-3-13)19(24)22-10-8-17(9-11-22)21-18(23)15-6-7-16(20)12-15/h2-5,15-17H,6-12,20H2,1H3,(H,21,23). The van der Waals surface area contributed by atoms with E-state index < -0.39 is 0 Å². The quantitative estimate of drug-likeness (QED) is 0.888. The highest BCUT2D eigenvalue weighted by Gasteiger charge is 2.30. The molecule has 1 aliphatic carbocycles. The number of amides is 2. The zero-order valence-corrected chi connectivity index (χ0v) is 14.3. The van der Waals surface area contributed by atoms with E-state index in [2.05, 4.69) is 5.32 Å². The second-order valence-corrected chi connectivity index (χ2v) is 7.21.